The van der Waals surface area contributed by atoms with Crippen LogP contribution in [0.5, 0.6) is 0 Å². The van der Waals surface area contributed by atoms with Gasteiger partial charge in [-0.2, -0.15) is 26.3 Å². The fourth-order valence-corrected chi connectivity index (χ4v) is 3.44. The Kier molecular flexibility index (Phi) is 6.33. The Balaban J connectivity index is 1.93. The van der Waals surface area contributed by atoms with Crippen LogP contribution in [0.15, 0.2) is 36.4 Å². The lowest BCUT2D eigenvalue weighted by Crippen LogP contribution is -2.30. The van der Waals surface area contributed by atoms with Crippen LogP contribution in [0, 0.1) is 10.1 Å². The number of nitrogens with one attached hydrogen (secondary N) is 1. The molecule has 1 aliphatic heterocycles. The van der Waals surface area contributed by atoms with Crippen molar-refractivity contribution in [1.82, 2.24) is 0 Å². The molecule has 1 N–H and O–H groups in total. The average Bonchev–Trinajstić information content (AvgIpc) is 2.72. The van der Waals surface area contributed by atoms with Crippen molar-refractivity contribution in [2.75, 3.05) is 23.3 Å². The van der Waals surface area contributed by atoms with E-state index in [1.54, 1.807) is 4.90 Å². The van der Waals surface area contributed by atoms with E-state index in [9.17, 15) is 41.3 Å². The topological polar surface area (TPSA) is 75.5 Å². The number of anilines is 2. The summed E-state index contributed by atoms with van der Waals surface area (Å²) in [6, 6.07) is 4.22. The maximum absolute atomic E-state index is 13.0. The smallest absolute Gasteiger partial charge is 0.366 e. The first-order chi connectivity index (χ1) is 14.9. The molecule has 0 atom stereocenters. The summed E-state index contributed by atoms with van der Waals surface area (Å²) in [5, 5.41) is 13.5. The average molecular weight is 461 g/mol. The molecule has 6 nitrogen and oxygen atoms in total. The Morgan fingerprint density at radius 3 is 1.97 bits per heavy atom. The Bertz CT molecular complexity index is 998. The van der Waals surface area contributed by atoms with Crippen molar-refractivity contribution in [3.05, 3.63) is 63.2 Å². The number of amides is 1. The quantitative estimate of drug-likeness (QED) is 0.351. The highest BCUT2D eigenvalue weighted by Crippen LogP contribution is 2.38. The molecule has 0 aliphatic carbocycles. The van der Waals surface area contributed by atoms with E-state index in [0.29, 0.717) is 30.9 Å². The third-order valence-corrected chi connectivity index (χ3v) is 4.98. The molecule has 0 saturated carbocycles. The van der Waals surface area contributed by atoms with Gasteiger partial charge in [0.2, 0.25) is 0 Å². The van der Waals surface area contributed by atoms with Gasteiger partial charge in [-0.05, 0) is 49.6 Å². The van der Waals surface area contributed by atoms with Gasteiger partial charge in [0, 0.05) is 30.4 Å². The summed E-state index contributed by atoms with van der Waals surface area (Å²) in [7, 11) is 0. The number of nitro benzene ring substituents is 1. The number of hydrogen-bond acceptors (Lipinski definition) is 4. The summed E-state index contributed by atoms with van der Waals surface area (Å²) in [4.78, 5) is 25.1. The molecule has 2 aromatic rings. The third-order valence-electron chi connectivity index (χ3n) is 4.98. The molecule has 0 spiro atoms. The highest BCUT2D eigenvalue weighted by Gasteiger charge is 2.37. The molecule has 1 fully saturated rings. The minimum Gasteiger partial charge on any atom is -0.366 e. The molecule has 0 aromatic heterocycles. The standard InChI is InChI=1S/C20H17F6N3O3/c21-19(22,23)13-9-14(20(24,25)26)11-15(10-13)27-18(30)12-4-5-16(17(8-12)29(31)32)28-6-2-1-3-7-28/h4-5,8-11H,1-3,6-7H2,(H,27,30). The number of rotatable bonds is 4. The van der Waals surface area contributed by atoms with Crippen molar-refractivity contribution in [2.45, 2.75) is 31.6 Å². The molecule has 1 amide bonds. The fourth-order valence-electron chi connectivity index (χ4n) is 3.44. The van der Waals surface area contributed by atoms with E-state index in [-0.39, 0.29) is 17.3 Å². The van der Waals surface area contributed by atoms with E-state index < -0.39 is 40.0 Å². The molecule has 172 valence electrons. The first-order valence-electron chi connectivity index (χ1n) is 9.50. The second-order valence-corrected chi connectivity index (χ2v) is 7.26. The molecule has 1 saturated heterocycles. The summed E-state index contributed by atoms with van der Waals surface area (Å²) in [5.41, 5.74) is -4.27. The summed E-state index contributed by atoms with van der Waals surface area (Å²) in [6.07, 6.45) is -7.47. The highest BCUT2D eigenvalue weighted by atomic mass is 19.4. The van der Waals surface area contributed by atoms with E-state index in [2.05, 4.69) is 0 Å². The van der Waals surface area contributed by atoms with Crippen LogP contribution in [-0.2, 0) is 12.4 Å². The molecular formula is C20H17F6N3O3. The van der Waals surface area contributed by atoms with E-state index in [1.165, 1.54) is 12.1 Å². The largest absolute Gasteiger partial charge is 0.416 e. The first-order valence-corrected chi connectivity index (χ1v) is 9.50. The van der Waals surface area contributed by atoms with Gasteiger partial charge in [0.05, 0.1) is 16.1 Å². The highest BCUT2D eigenvalue weighted by molar-refractivity contribution is 6.05. The van der Waals surface area contributed by atoms with Crippen LogP contribution in [0.2, 0.25) is 0 Å². The van der Waals surface area contributed by atoms with Crippen molar-refractivity contribution in [3.8, 4) is 0 Å². The lowest BCUT2D eigenvalue weighted by atomic mass is 10.1. The number of nitrogens with zero attached hydrogens (tertiary/aromatic N) is 2. The minimum absolute atomic E-state index is 0.0616. The van der Waals surface area contributed by atoms with Gasteiger partial charge in [0.25, 0.3) is 11.6 Å². The van der Waals surface area contributed by atoms with Gasteiger partial charge in [-0.3, -0.25) is 14.9 Å². The van der Waals surface area contributed by atoms with Crippen LogP contribution in [0.4, 0.5) is 43.4 Å². The van der Waals surface area contributed by atoms with Crippen LogP contribution in [-0.4, -0.2) is 23.9 Å². The molecule has 2 aromatic carbocycles. The zero-order chi connectivity index (χ0) is 23.7. The number of nitro groups is 1. The van der Waals surface area contributed by atoms with E-state index in [1.807, 2.05) is 5.32 Å². The molecule has 0 unspecified atom stereocenters. The van der Waals surface area contributed by atoms with Crippen molar-refractivity contribution >= 4 is 23.0 Å². The maximum atomic E-state index is 13.0. The lowest BCUT2D eigenvalue weighted by molar-refractivity contribution is -0.384. The Morgan fingerprint density at radius 2 is 1.47 bits per heavy atom. The summed E-state index contributed by atoms with van der Waals surface area (Å²) in [5.74, 6) is -1.08. The van der Waals surface area contributed by atoms with Crippen LogP contribution >= 0.6 is 0 Å². The minimum atomic E-state index is -5.07. The SMILES string of the molecule is O=C(Nc1cc(C(F)(F)F)cc(C(F)(F)F)c1)c1ccc(N2CCCCC2)c([N+](=O)[O-])c1. The molecule has 12 heteroatoms. The van der Waals surface area contributed by atoms with E-state index in [4.69, 9.17) is 0 Å². The molecule has 0 radical (unpaired) electrons. The van der Waals surface area contributed by atoms with Crippen molar-refractivity contribution in [1.29, 1.82) is 0 Å². The van der Waals surface area contributed by atoms with Crippen LogP contribution in [0.3, 0.4) is 0 Å². The van der Waals surface area contributed by atoms with E-state index >= 15 is 0 Å². The predicted molar refractivity (Wildman–Crippen MR) is 104 cm³/mol. The lowest BCUT2D eigenvalue weighted by Gasteiger charge is -2.28. The van der Waals surface area contributed by atoms with Crippen LogP contribution in [0.1, 0.15) is 40.7 Å². The van der Waals surface area contributed by atoms with Crippen molar-refractivity contribution in [3.63, 3.8) is 0 Å². The van der Waals surface area contributed by atoms with Gasteiger partial charge < -0.3 is 10.2 Å². The van der Waals surface area contributed by atoms with Crippen LogP contribution < -0.4 is 10.2 Å². The van der Waals surface area contributed by atoms with Gasteiger partial charge in [0.15, 0.2) is 0 Å². The molecule has 3 rings (SSSR count). The number of benzene rings is 2. The van der Waals surface area contributed by atoms with E-state index in [0.717, 1.165) is 25.3 Å². The number of carbonyl (C=O) groups excluding carboxylic acids is 1. The zero-order valence-electron chi connectivity index (χ0n) is 16.4. The van der Waals surface area contributed by atoms with Gasteiger partial charge in [-0.15, -0.1) is 0 Å². The van der Waals surface area contributed by atoms with Gasteiger partial charge >= 0.3 is 12.4 Å². The van der Waals surface area contributed by atoms with Gasteiger partial charge in [-0.25, -0.2) is 0 Å². The summed E-state index contributed by atoms with van der Waals surface area (Å²) >= 11 is 0. The second-order valence-electron chi connectivity index (χ2n) is 7.26. The predicted octanol–water partition coefficient (Wildman–Crippen LogP) is 5.88. The second kappa shape index (κ2) is 8.67. The molecular weight excluding hydrogens is 444 g/mol. The Labute approximate surface area is 178 Å². The van der Waals surface area contributed by atoms with Crippen molar-refractivity contribution < 1.29 is 36.1 Å². The fraction of sp³-hybridized carbons (Fsp3) is 0.350. The molecule has 32 heavy (non-hydrogen) atoms. The molecule has 0 bridgehead atoms. The summed E-state index contributed by atoms with van der Waals surface area (Å²) in [6.45, 7) is 1.19. The third kappa shape index (κ3) is 5.29. The van der Waals surface area contributed by atoms with Gasteiger partial charge in [-0.1, -0.05) is 0 Å². The monoisotopic (exact) mass is 461 g/mol. The maximum Gasteiger partial charge on any atom is 0.416 e. The summed E-state index contributed by atoms with van der Waals surface area (Å²) < 4.78 is 78.0. The number of carbonyl (C=O) groups is 1. The van der Waals surface area contributed by atoms with Crippen LogP contribution in [0.25, 0.3) is 0 Å². The number of piperidine rings is 1. The Morgan fingerprint density at radius 1 is 0.906 bits per heavy atom. The first kappa shape index (κ1) is 23.4. The number of halogens is 6. The Hall–Kier alpha value is -3.31. The zero-order valence-corrected chi connectivity index (χ0v) is 16.4. The molecule has 1 aliphatic rings. The number of alkyl halides is 6. The normalized spacial score (nSPS) is 14.9. The van der Waals surface area contributed by atoms with Gasteiger partial charge in [0.1, 0.15) is 5.69 Å². The number of hydrogen-bond donors (Lipinski definition) is 1. The van der Waals surface area contributed by atoms with Crippen molar-refractivity contribution in [2.24, 2.45) is 0 Å². The molecule has 1 heterocycles.